The molecule has 0 saturated heterocycles. The van der Waals surface area contributed by atoms with Gasteiger partial charge < -0.3 is 53.2 Å². The molecule has 0 amide bonds. The van der Waals surface area contributed by atoms with Crippen LogP contribution in [-0.4, -0.2) is 79.8 Å². The molecule has 0 radical (unpaired) electrons. The lowest BCUT2D eigenvalue weighted by atomic mass is 9.83. The van der Waals surface area contributed by atoms with Gasteiger partial charge in [0.25, 0.3) is 0 Å². The number of hydrogen-bond acceptors (Lipinski definition) is 12. The summed E-state index contributed by atoms with van der Waals surface area (Å²) in [4.78, 5) is 14.6. The zero-order valence-corrected chi connectivity index (χ0v) is 85.7. The Balaban J connectivity index is 0.000000192. The quantitative estimate of drug-likeness (QED) is 0.0116. The second kappa shape index (κ2) is 60.4. The number of ether oxygens (including phenoxy) is 8. The van der Waals surface area contributed by atoms with Gasteiger partial charge in [-0.3, -0.25) is 4.79 Å². The minimum Gasteiger partial charge on any atom is -0.508 e. The Morgan fingerprint density at radius 3 is 1.19 bits per heavy atom. The fourth-order valence-corrected chi connectivity index (χ4v) is 20.0. The lowest BCUT2D eigenvalue weighted by Crippen LogP contribution is -2.39. The van der Waals surface area contributed by atoms with Gasteiger partial charge >= 0.3 is 5.97 Å². The highest BCUT2D eigenvalue weighted by atomic mass is 32.2. The minimum atomic E-state index is -0.277. The first-order chi connectivity index (χ1) is 64.8. The molecular formula is C121H167O12S+. The molecule has 13 heteroatoms. The molecule has 12 nitrogen and oxygen atoms in total. The molecule has 11 atom stereocenters. The Hall–Kier alpha value is -9.18. The molecule has 5 aliphatic rings. The number of hydrogen-bond donors (Lipinski definition) is 3. The zero-order valence-electron chi connectivity index (χ0n) is 84.8. The zero-order chi connectivity index (χ0) is 96.6. The van der Waals surface area contributed by atoms with E-state index in [9.17, 15) is 4.79 Å². The summed E-state index contributed by atoms with van der Waals surface area (Å²) in [6, 6.07) is 86.7. The number of rotatable bonds is 34. The molecule has 10 aromatic carbocycles. The van der Waals surface area contributed by atoms with Crippen molar-refractivity contribution in [1.29, 1.82) is 0 Å². The summed E-state index contributed by atoms with van der Waals surface area (Å²) in [6.07, 6.45) is 28.6. The predicted octanol–water partition coefficient (Wildman–Crippen LogP) is 32.2. The van der Waals surface area contributed by atoms with Crippen molar-refractivity contribution in [3.8, 4) is 34.5 Å². The predicted molar refractivity (Wildman–Crippen MR) is 557 cm³/mol. The third kappa shape index (κ3) is 37.7. The third-order valence-corrected chi connectivity index (χ3v) is 30.3. The maximum absolute atomic E-state index is 10.7. The molecule has 4 saturated carbocycles. The molecule has 15 rings (SSSR count). The van der Waals surface area contributed by atoms with Crippen LogP contribution in [0.1, 0.15) is 344 Å². The van der Waals surface area contributed by atoms with Gasteiger partial charge in [0.2, 0.25) is 6.29 Å². The van der Waals surface area contributed by atoms with E-state index in [-0.39, 0.29) is 47.8 Å². The molecule has 134 heavy (non-hydrogen) atoms. The van der Waals surface area contributed by atoms with Crippen LogP contribution in [0.15, 0.2) is 269 Å². The molecule has 0 aromatic heterocycles. The minimum absolute atomic E-state index is 0.0543. The van der Waals surface area contributed by atoms with Gasteiger partial charge in [0.15, 0.2) is 27.3 Å². The van der Waals surface area contributed by atoms with Crippen molar-refractivity contribution in [2.24, 2.45) is 23.2 Å². The van der Waals surface area contributed by atoms with Crippen LogP contribution in [0.25, 0.3) is 0 Å². The van der Waals surface area contributed by atoms with Crippen molar-refractivity contribution < 1.29 is 58.0 Å². The van der Waals surface area contributed by atoms with Crippen molar-refractivity contribution in [2.45, 2.75) is 346 Å². The van der Waals surface area contributed by atoms with Crippen molar-refractivity contribution in [2.75, 3.05) is 33.5 Å². The number of phenolic OH excluding ortho intramolecular Hbond substituents is 2. The van der Waals surface area contributed by atoms with E-state index in [4.69, 9.17) is 53.2 Å². The monoisotopic (exact) mass is 1840 g/mol. The standard InChI is InChI=1S/C25H38O2.C20H19OS.C18H28O2.C15H24O3.C12H16O2.C11H14.2C10H14O/c1-3-19(2)22-9-11-23(12-10-22)27-24(25-15-13-20(17-25)14-16-25)26-18-21-7-5-4-6-8-21;21-16-15-17-11-13-20(14-12-17)22(18-7-3-1-4-8-18)19-9-5-2-6-10-19;1-4-14(2)16-10-12-18(13-11-16)20-15(3)19-17-8-6-5-7-9-17;1-5-12(2)14-6-8-15(9-7-14)18-13(3)17-11-10-16-4;1-4-9(2)11-5-7-12(8-6-11)14-10(3)13;1-8-7-10-5-3-4-6-11(10)9(8)2;2*1-3-8(2)9-4-6-10(11)7-5-9/h9-12,19-21,24H,3-8,13-18H2,1-2H3;1-14,21H,15-16H2;10-15,17H,4-9H2,1-3H3;6-9,12-13H,5,10-11H2,1-4H3;5-9H,4H2,1-3H3;3-6,8-9H,7H2,1-2H3;2*4-8,11H,3H2,1-2H3/q;+1;;;;;;. The number of phenols is 2. The van der Waals surface area contributed by atoms with Crippen LogP contribution in [0.3, 0.4) is 0 Å². The van der Waals surface area contributed by atoms with Crippen molar-refractivity contribution in [1.82, 2.24) is 0 Å². The molecule has 3 N–H and O–H groups in total. The average molecular weight is 1850 g/mol. The first-order valence-electron chi connectivity index (χ1n) is 51.0. The first kappa shape index (κ1) is 110. The molecule has 5 aliphatic carbocycles. The van der Waals surface area contributed by atoms with E-state index in [1.165, 1.54) is 176 Å². The maximum Gasteiger partial charge on any atom is 0.308 e. The molecule has 0 heterocycles. The Morgan fingerprint density at radius 1 is 0.418 bits per heavy atom. The van der Waals surface area contributed by atoms with Gasteiger partial charge in [-0.15, -0.1) is 0 Å². The summed E-state index contributed by atoms with van der Waals surface area (Å²) in [5, 5.41) is 27.1. The number of aliphatic hydroxyl groups is 1. The Labute approximate surface area is 812 Å². The molecule has 10 aromatic rings. The summed E-state index contributed by atoms with van der Waals surface area (Å²) < 4.78 is 45.9. The van der Waals surface area contributed by atoms with Crippen molar-refractivity contribution in [3.63, 3.8) is 0 Å². The highest BCUT2D eigenvalue weighted by Crippen LogP contribution is 2.57. The smallest absolute Gasteiger partial charge is 0.308 e. The molecule has 0 spiro atoms. The highest BCUT2D eigenvalue weighted by molar-refractivity contribution is 7.97. The summed E-state index contributed by atoms with van der Waals surface area (Å²) in [7, 11) is 1.57. The van der Waals surface area contributed by atoms with Gasteiger partial charge in [0.1, 0.15) is 34.5 Å². The van der Waals surface area contributed by atoms with E-state index in [2.05, 4.69) is 267 Å². The van der Waals surface area contributed by atoms with Gasteiger partial charge in [0, 0.05) is 26.1 Å². The Bertz CT molecular complexity index is 4650. The highest BCUT2D eigenvalue weighted by Gasteiger charge is 2.52. The SMILES string of the molecule is CC1Cc2ccccc2C1C.CCC(C)c1ccc(O)cc1.CCC(C)c1ccc(O)cc1.CCC(C)c1ccc(OC(C)=O)cc1.CCC(C)c1ccc(OC(C)OC2CCCCC2)cc1.CCC(C)c1ccc(OC(C)OCCOC)cc1.CCC(C)c1ccc(OC(OCC2CCCCC2)C23CCC(CC2)C3)cc1.OCCc1ccc([S+](c2ccccc2)c2ccccc2)cc1. The van der Waals surface area contributed by atoms with E-state index < -0.39 is 0 Å². The van der Waals surface area contributed by atoms with Gasteiger partial charge in [-0.05, 0) is 341 Å². The fourth-order valence-electron chi connectivity index (χ4n) is 17.9. The van der Waals surface area contributed by atoms with Gasteiger partial charge in [-0.1, -0.05) is 281 Å². The van der Waals surface area contributed by atoms with Crippen LogP contribution in [0, 0.1) is 23.2 Å². The number of aromatic hydroxyl groups is 2. The molecule has 728 valence electrons. The van der Waals surface area contributed by atoms with E-state index >= 15 is 0 Å². The van der Waals surface area contributed by atoms with Crippen LogP contribution < -0.4 is 18.9 Å². The summed E-state index contributed by atoms with van der Waals surface area (Å²) in [6.45, 7) is 38.7. The van der Waals surface area contributed by atoms with Crippen molar-refractivity contribution in [3.05, 3.63) is 305 Å². The lowest BCUT2D eigenvalue weighted by Gasteiger charge is -2.36. The largest absolute Gasteiger partial charge is 0.508 e. The molecular weight excluding hydrogens is 1680 g/mol. The second-order valence-corrected chi connectivity index (χ2v) is 40.1. The van der Waals surface area contributed by atoms with E-state index in [1.54, 1.807) is 42.5 Å². The van der Waals surface area contributed by atoms with E-state index in [0.29, 0.717) is 78.5 Å². The number of aliphatic hydroxyl groups excluding tert-OH is 1. The summed E-state index contributed by atoms with van der Waals surface area (Å²) in [5.74, 6) is 10.6. The molecule has 11 unspecified atom stereocenters. The molecule has 2 bridgehead atoms. The number of methoxy groups -OCH3 is 1. The summed E-state index contributed by atoms with van der Waals surface area (Å²) in [5.41, 5.74) is 12.6. The van der Waals surface area contributed by atoms with Crippen LogP contribution in [0.2, 0.25) is 0 Å². The third-order valence-electron chi connectivity index (χ3n) is 28.0. The van der Waals surface area contributed by atoms with E-state index in [0.717, 1.165) is 73.2 Å². The first-order valence-corrected chi connectivity index (χ1v) is 52.2. The van der Waals surface area contributed by atoms with Crippen molar-refractivity contribution >= 4 is 16.9 Å². The molecule has 0 aliphatic heterocycles. The topological polar surface area (TPSA) is 152 Å². The summed E-state index contributed by atoms with van der Waals surface area (Å²) >= 11 is 0. The fraction of sp³-hybridized carbons (Fsp3) is 0.496. The number of carbonyl (C=O) groups is 1. The van der Waals surface area contributed by atoms with Gasteiger partial charge in [-0.2, -0.15) is 0 Å². The number of carbonyl (C=O) groups excluding carboxylic acids is 1. The average Bonchev–Trinajstić information content (AvgIpc) is 1.63. The van der Waals surface area contributed by atoms with Crippen LogP contribution in [0.5, 0.6) is 34.5 Å². The Kier molecular flexibility index (Phi) is 49.7. The van der Waals surface area contributed by atoms with Gasteiger partial charge in [0.05, 0.1) is 36.8 Å². The molecule has 4 fully saturated rings. The van der Waals surface area contributed by atoms with Crippen LogP contribution >= 0.6 is 0 Å². The van der Waals surface area contributed by atoms with Crippen LogP contribution in [-0.2, 0) is 47.5 Å². The van der Waals surface area contributed by atoms with E-state index in [1.807, 2.05) is 74.5 Å². The normalized spacial score (nSPS) is 18.5. The van der Waals surface area contributed by atoms with Crippen LogP contribution in [0.4, 0.5) is 0 Å². The van der Waals surface area contributed by atoms with Gasteiger partial charge in [-0.25, -0.2) is 0 Å². The second-order valence-electron chi connectivity index (χ2n) is 38.1. The number of esters is 1. The lowest BCUT2D eigenvalue weighted by molar-refractivity contribution is -0.164. The number of benzene rings is 10. The maximum atomic E-state index is 10.7. The number of fused-ring (bicyclic) bond motifs is 3. The Morgan fingerprint density at radius 2 is 0.799 bits per heavy atom.